The van der Waals surface area contributed by atoms with Crippen molar-refractivity contribution >= 4 is 23.2 Å². The number of likely N-dealkylation sites (tertiary alicyclic amines) is 1. The maximum absolute atomic E-state index is 12.6. The Morgan fingerprint density at radius 2 is 2.00 bits per heavy atom. The molecule has 2 aromatic carbocycles. The fraction of sp³-hybridized carbons (Fsp3) is 0.300. The van der Waals surface area contributed by atoms with Gasteiger partial charge in [-0.15, -0.1) is 0 Å². The summed E-state index contributed by atoms with van der Waals surface area (Å²) in [6.45, 7) is 3.24. The van der Waals surface area contributed by atoms with E-state index >= 15 is 0 Å². The topological polar surface area (TPSA) is 63.2 Å². The molecule has 6 heteroatoms. The van der Waals surface area contributed by atoms with Crippen LogP contribution < -0.4 is 14.8 Å². The van der Waals surface area contributed by atoms with Crippen LogP contribution in [0, 0.1) is 0 Å². The Bertz CT molecular complexity index is 787. The molecule has 0 spiro atoms. The number of urea groups is 1. The van der Waals surface area contributed by atoms with Gasteiger partial charge in [-0.1, -0.05) is 6.07 Å². The van der Waals surface area contributed by atoms with Crippen LogP contribution in [-0.4, -0.2) is 37.0 Å². The largest absolute Gasteiger partial charge is 0.497 e. The van der Waals surface area contributed by atoms with Gasteiger partial charge in [0, 0.05) is 24.7 Å². The van der Waals surface area contributed by atoms with E-state index in [1.807, 2.05) is 49.4 Å². The molecule has 6 nitrogen and oxygen atoms in total. The second-order valence-electron chi connectivity index (χ2n) is 5.87. The molecule has 0 aliphatic carbocycles. The molecule has 0 bridgehead atoms. The molecule has 3 rings (SSSR count). The Labute approximate surface area is 153 Å². The summed E-state index contributed by atoms with van der Waals surface area (Å²) in [6.07, 6.45) is 1.68. The van der Waals surface area contributed by atoms with Gasteiger partial charge in [-0.2, -0.15) is 0 Å². The van der Waals surface area contributed by atoms with Crippen LogP contribution in [0.1, 0.15) is 19.8 Å². The number of carbonyl (C=O) groups excluding carboxylic acids is 1. The summed E-state index contributed by atoms with van der Waals surface area (Å²) in [7, 11) is 1.60. The number of aliphatic imine (C=N–C) groups is 1. The van der Waals surface area contributed by atoms with Gasteiger partial charge in [0.25, 0.3) is 0 Å². The normalized spacial score (nSPS) is 15.2. The smallest absolute Gasteiger partial charge is 0.327 e. The van der Waals surface area contributed by atoms with E-state index in [0.29, 0.717) is 24.6 Å². The van der Waals surface area contributed by atoms with Crippen molar-refractivity contribution in [2.45, 2.75) is 19.8 Å². The first-order valence-corrected chi connectivity index (χ1v) is 8.72. The van der Waals surface area contributed by atoms with E-state index in [1.165, 1.54) is 0 Å². The fourth-order valence-corrected chi connectivity index (χ4v) is 2.82. The number of hydrogen-bond acceptors (Lipinski definition) is 4. The zero-order valence-electron chi connectivity index (χ0n) is 15.1. The predicted octanol–water partition coefficient (Wildman–Crippen LogP) is 4.45. The van der Waals surface area contributed by atoms with Crippen LogP contribution in [0.15, 0.2) is 53.5 Å². The zero-order valence-corrected chi connectivity index (χ0v) is 15.1. The lowest BCUT2D eigenvalue weighted by molar-refractivity contribution is 0.236. The van der Waals surface area contributed by atoms with Gasteiger partial charge in [0.1, 0.15) is 17.3 Å². The Kier molecular flexibility index (Phi) is 5.73. The Morgan fingerprint density at radius 3 is 2.73 bits per heavy atom. The van der Waals surface area contributed by atoms with Crippen molar-refractivity contribution in [3.05, 3.63) is 48.5 Å². The lowest BCUT2D eigenvalue weighted by Crippen LogP contribution is -2.35. The first kappa shape index (κ1) is 17.8. The molecule has 2 amide bonds. The molecule has 0 saturated carbocycles. The van der Waals surface area contributed by atoms with Crippen molar-refractivity contribution in [2.75, 3.05) is 25.6 Å². The van der Waals surface area contributed by atoms with Crippen molar-refractivity contribution in [3.8, 4) is 11.5 Å². The summed E-state index contributed by atoms with van der Waals surface area (Å²) in [5.74, 6) is 2.29. The zero-order chi connectivity index (χ0) is 18.4. The molecule has 136 valence electrons. The quantitative estimate of drug-likeness (QED) is 0.864. The summed E-state index contributed by atoms with van der Waals surface area (Å²) >= 11 is 0. The van der Waals surface area contributed by atoms with Crippen molar-refractivity contribution < 1.29 is 14.3 Å². The molecule has 1 fully saturated rings. The number of methoxy groups -OCH3 is 1. The molecule has 1 heterocycles. The summed E-state index contributed by atoms with van der Waals surface area (Å²) in [6, 6.07) is 14.7. The molecule has 26 heavy (non-hydrogen) atoms. The second-order valence-corrected chi connectivity index (χ2v) is 5.87. The van der Waals surface area contributed by atoms with Crippen LogP contribution in [-0.2, 0) is 0 Å². The highest BCUT2D eigenvalue weighted by Gasteiger charge is 2.25. The second kappa shape index (κ2) is 8.38. The number of hydrogen-bond donors (Lipinski definition) is 1. The highest BCUT2D eigenvalue weighted by atomic mass is 16.5. The van der Waals surface area contributed by atoms with Gasteiger partial charge in [-0.3, -0.25) is 4.90 Å². The van der Waals surface area contributed by atoms with Crippen LogP contribution >= 0.6 is 0 Å². The predicted molar refractivity (Wildman–Crippen MR) is 103 cm³/mol. The standard InChI is InChI=1S/C20H23N3O3/c1-3-26-17-11-9-15(10-12-17)21-19-8-5-13-23(19)20(24)22-16-6-4-7-18(14-16)25-2/h4,6-7,9-12,14H,3,5,8,13H2,1-2H3,(H,22,24). The van der Waals surface area contributed by atoms with Gasteiger partial charge in [-0.05, 0) is 49.7 Å². The van der Waals surface area contributed by atoms with E-state index < -0.39 is 0 Å². The molecule has 0 radical (unpaired) electrons. The number of nitrogens with zero attached hydrogens (tertiary/aromatic N) is 2. The minimum atomic E-state index is -0.180. The molecule has 0 aromatic heterocycles. The Morgan fingerprint density at radius 1 is 1.19 bits per heavy atom. The van der Waals surface area contributed by atoms with Crippen molar-refractivity contribution in [2.24, 2.45) is 4.99 Å². The van der Waals surface area contributed by atoms with Gasteiger partial charge in [-0.25, -0.2) is 9.79 Å². The highest BCUT2D eigenvalue weighted by Crippen LogP contribution is 2.23. The molecule has 1 aliphatic rings. The van der Waals surface area contributed by atoms with Gasteiger partial charge < -0.3 is 14.8 Å². The number of ether oxygens (including phenoxy) is 2. The van der Waals surface area contributed by atoms with Crippen LogP contribution in [0.2, 0.25) is 0 Å². The number of carbonyl (C=O) groups is 1. The third-order valence-electron chi connectivity index (χ3n) is 4.07. The number of amides is 2. The monoisotopic (exact) mass is 353 g/mol. The van der Waals surface area contributed by atoms with E-state index in [2.05, 4.69) is 10.3 Å². The summed E-state index contributed by atoms with van der Waals surface area (Å²) < 4.78 is 10.6. The maximum Gasteiger partial charge on any atom is 0.327 e. The van der Waals surface area contributed by atoms with Crippen LogP contribution in [0.25, 0.3) is 0 Å². The first-order chi connectivity index (χ1) is 12.7. The van der Waals surface area contributed by atoms with E-state index in [9.17, 15) is 4.79 Å². The van der Waals surface area contributed by atoms with Crippen LogP contribution in [0.4, 0.5) is 16.2 Å². The minimum Gasteiger partial charge on any atom is -0.497 e. The van der Waals surface area contributed by atoms with E-state index in [-0.39, 0.29) is 6.03 Å². The lowest BCUT2D eigenvalue weighted by atomic mass is 10.3. The maximum atomic E-state index is 12.6. The molecule has 0 atom stereocenters. The SMILES string of the molecule is CCOc1ccc(N=C2CCCN2C(=O)Nc2cccc(OC)c2)cc1. The molecule has 2 aromatic rings. The van der Waals surface area contributed by atoms with Crippen molar-refractivity contribution in [3.63, 3.8) is 0 Å². The van der Waals surface area contributed by atoms with Crippen LogP contribution in [0.5, 0.6) is 11.5 Å². The molecule has 1 aliphatic heterocycles. The van der Waals surface area contributed by atoms with Crippen molar-refractivity contribution in [1.29, 1.82) is 0 Å². The number of anilines is 1. The minimum absolute atomic E-state index is 0.180. The van der Waals surface area contributed by atoms with Crippen molar-refractivity contribution in [1.82, 2.24) is 4.90 Å². The average molecular weight is 353 g/mol. The number of rotatable bonds is 5. The Hall–Kier alpha value is -3.02. The molecule has 1 saturated heterocycles. The van der Waals surface area contributed by atoms with Crippen LogP contribution in [0.3, 0.4) is 0 Å². The van der Waals surface area contributed by atoms with E-state index in [1.54, 1.807) is 18.1 Å². The number of amidine groups is 1. The number of nitrogens with one attached hydrogen (secondary N) is 1. The summed E-state index contributed by atoms with van der Waals surface area (Å²) in [5, 5.41) is 2.91. The first-order valence-electron chi connectivity index (χ1n) is 8.72. The Balaban J connectivity index is 1.71. The number of benzene rings is 2. The van der Waals surface area contributed by atoms with E-state index in [4.69, 9.17) is 9.47 Å². The van der Waals surface area contributed by atoms with E-state index in [0.717, 1.165) is 30.1 Å². The molecular formula is C20H23N3O3. The van der Waals surface area contributed by atoms with Gasteiger partial charge in [0.15, 0.2) is 0 Å². The third kappa shape index (κ3) is 4.33. The highest BCUT2D eigenvalue weighted by molar-refractivity contribution is 6.05. The fourth-order valence-electron chi connectivity index (χ4n) is 2.82. The third-order valence-corrected chi connectivity index (χ3v) is 4.07. The molecule has 0 unspecified atom stereocenters. The lowest BCUT2D eigenvalue weighted by Gasteiger charge is -2.18. The average Bonchev–Trinajstić information content (AvgIpc) is 3.12. The van der Waals surface area contributed by atoms with Gasteiger partial charge in [0.2, 0.25) is 0 Å². The summed E-state index contributed by atoms with van der Waals surface area (Å²) in [5.41, 5.74) is 1.51. The molecular weight excluding hydrogens is 330 g/mol. The van der Waals surface area contributed by atoms with Gasteiger partial charge in [0.05, 0.1) is 19.4 Å². The van der Waals surface area contributed by atoms with Gasteiger partial charge >= 0.3 is 6.03 Å². The molecule has 1 N–H and O–H groups in total. The summed E-state index contributed by atoms with van der Waals surface area (Å²) in [4.78, 5) is 19.0.